The molecular weight excluding hydrogens is 348 g/mol. The van der Waals surface area contributed by atoms with Crippen LogP contribution in [-0.2, 0) is 9.59 Å². The Morgan fingerprint density at radius 3 is 2.42 bits per heavy atom. The smallest absolute Gasteiger partial charge is 0.181 e. The Labute approximate surface area is 158 Å². The number of ketones is 3. The summed E-state index contributed by atoms with van der Waals surface area (Å²) in [6.45, 7) is 3.88. The zero-order valence-electron chi connectivity index (χ0n) is 15.7. The first-order valence-corrected chi connectivity index (χ1v) is 9.91. The highest BCUT2D eigenvalue weighted by Gasteiger charge is 2.38. The standard InChI is InChI=1S/C20H24N2O3S/c1-11-10-13(19(25)18-15(23)6-5-7-16(18)24)12(2)17-14(21-22(3)4)8-9-26-20(11)17/h10,18H,5-9H2,1-4H3. The van der Waals surface area contributed by atoms with Crippen LogP contribution in [0.25, 0.3) is 0 Å². The molecule has 0 spiro atoms. The van der Waals surface area contributed by atoms with Gasteiger partial charge in [-0.2, -0.15) is 5.10 Å². The average molecular weight is 372 g/mol. The minimum absolute atomic E-state index is 0.238. The summed E-state index contributed by atoms with van der Waals surface area (Å²) in [5.41, 5.74) is 4.27. The molecule has 1 saturated carbocycles. The summed E-state index contributed by atoms with van der Waals surface area (Å²) in [6.07, 6.45) is 2.01. The number of hydrogen-bond donors (Lipinski definition) is 0. The zero-order chi connectivity index (χ0) is 19.0. The van der Waals surface area contributed by atoms with E-state index in [0.29, 0.717) is 24.8 Å². The molecule has 26 heavy (non-hydrogen) atoms. The number of carbonyl (C=O) groups excluding carboxylic acids is 3. The number of fused-ring (bicyclic) bond motifs is 1. The van der Waals surface area contributed by atoms with E-state index < -0.39 is 5.92 Å². The van der Waals surface area contributed by atoms with Gasteiger partial charge in [-0.1, -0.05) is 0 Å². The van der Waals surface area contributed by atoms with E-state index in [1.807, 2.05) is 34.0 Å². The Morgan fingerprint density at radius 1 is 1.15 bits per heavy atom. The molecule has 2 aliphatic rings. The van der Waals surface area contributed by atoms with Crippen LogP contribution in [0, 0.1) is 19.8 Å². The van der Waals surface area contributed by atoms with Gasteiger partial charge in [-0.3, -0.25) is 14.4 Å². The van der Waals surface area contributed by atoms with E-state index in [9.17, 15) is 14.4 Å². The molecule has 1 aliphatic carbocycles. The third-order valence-corrected chi connectivity index (χ3v) is 6.16. The summed E-state index contributed by atoms with van der Waals surface area (Å²) >= 11 is 1.77. The van der Waals surface area contributed by atoms with Gasteiger partial charge >= 0.3 is 0 Å². The van der Waals surface area contributed by atoms with Crippen molar-refractivity contribution in [2.24, 2.45) is 11.0 Å². The summed E-state index contributed by atoms with van der Waals surface area (Å²) in [5.74, 6) is -0.990. The van der Waals surface area contributed by atoms with Gasteiger partial charge in [0.05, 0.1) is 5.71 Å². The minimum Gasteiger partial charge on any atom is -0.303 e. The topological polar surface area (TPSA) is 66.8 Å². The van der Waals surface area contributed by atoms with Crippen molar-refractivity contribution in [3.05, 3.63) is 28.3 Å². The number of benzene rings is 1. The number of rotatable bonds is 3. The van der Waals surface area contributed by atoms with Gasteiger partial charge in [-0.15, -0.1) is 11.8 Å². The fourth-order valence-electron chi connectivity index (χ4n) is 3.75. The van der Waals surface area contributed by atoms with Gasteiger partial charge in [0.15, 0.2) is 17.3 Å². The summed E-state index contributed by atoms with van der Waals surface area (Å²) in [5, 5.41) is 6.38. The summed E-state index contributed by atoms with van der Waals surface area (Å²) < 4.78 is 0. The highest BCUT2D eigenvalue weighted by molar-refractivity contribution is 7.99. The van der Waals surface area contributed by atoms with Crippen molar-refractivity contribution in [3.8, 4) is 0 Å². The minimum atomic E-state index is -1.12. The van der Waals surface area contributed by atoms with Crippen molar-refractivity contribution < 1.29 is 14.4 Å². The van der Waals surface area contributed by atoms with Gasteiger partial charge in [0.2, 0.25) is 0 Å². The van der Waals surface area contributed by atoms with E-state index in [4.69, 9.17) is 0 Å². The molecule has 0 unspecified atom stereocenters. The maximum Gasteiger partial charge on any atom is 0.181 e. The largest absolute Gasteiger partial charge is 0.303 e. The fourth-order valence-corrected chi connectivity index (χ4v) is 4.95. The molecule has 1 aliphatic heterocycles. The van der Waals surface area contributed by atoms with E-state index in [2.05, 4.69) is 5.10 Å². The predicted molar refractivity (Wildman–Crippen MR) is 103 cm³/mol. The quantitative estimate of drug-likeness (QED) is 0.463. The Balaban J connectivity index is 2.12. The van der Waals surface area contributed by atoms with Crippen molar-refractivity contribution in [3.63, 3.8) is 0 Å². The molecule has 0 bridgehead atoms. The van der Waals surface area contributed by atoms with Crippen LogP contribution in [0.5, 0.6) is 0 Å². The van der Waals surface area contributed by atoms with Crippen LogP contribution in [0.3, 0.4) is 0 Å². The number of thioether (sulfide) groups is 1. The molecule has 138 valence electrons. The summed E-state index contributed by atoms with van der Waals surface area (Å²) in [6, 6.07) is 1.84. The van der Waals surface area contributed by atoms with Crippen molar-refractivity contribution >= 4 is 34.8 Å². The van der Waals surface area contributed by atoms with Gasteiger partial charge in [-0.25, -0.2) is 0 Å². The Hall–Kier alpha value is -1.95. The number of carbonyl (C=O) groups is 3. The monoisotopic (exact) mass is 372 g/mol. The zero-order valence-corrected chi connectivity index (χ0v) is 16.5. The van der Waals surface area contributed by atoms with E-state index in [1.54, 1.807) is 16.8 Å². The average Bonchev–Trinajstić information content (AvgIpc) is 2.57. The molecule has 0 amide bonds. The first kappa shape index (κ1) is 18.8. The molecule has 0 saturated heterocycles. The molecule has 1 fully saturated rings. The lowest BCUT2D eigenvalue weighted by molar-refractivity contribution is -0.133. The molecule has 1 aromatic rings. The maximum atomic E-state index is 13.1. The molecule has 6 heteroatoms. The second kappa shape index (κ2) is 7.35. The Kier molecular flexibility index (Phi) is 5.32. The van der Waals surface area contributed by atoms with Gasteiger partial charge < -0.3 is 5.01 Å². The van der Waals surface area contributed by atoms with Crippen LogP contribution in [-0.4, -0.2) is 47.9 Å². The van der Waals surface area contributed by atoms with Crippen LogP contribution in [0.2, 0.25) is 0 Å². The second-order valence-electron chi connectivity index (χ2n) is 7.15. The molecule has 1 heterocycles. The molecule has 1 aromatic carbocycles. The van der Waals surface area contributed by atoms with Crippen molar-refractivity contribution in [1.82, 2.24) is 5.01 Å². The molecule has 0 radical (unpaired) electrons. The summed E-state index contributed by atoms with van der Waals surface area (Å²) in [4.78, 5) is 38.7. The highest BCUT2D eigenvalue weighted by Crippen LogP contribution is 2.38. The highest BCUT2D eigenvalue weighted by atomic mass is 32.2. The van der Waals surface area contributed by atoms with Gasteiger partial charge in [0.25, 0.3) is 0 Å². The molecular formula is C20H24N2O3S. The van der Waals surface area contributed by atoms with Crippen LogP contribution >= 0.6 is 11.8 Å². The van der Waals surface area contributed by atoms with Crippen molar-refractivity contribution in [2.45, 2.75) is 44.4 Å². The van der Waals surface area contributed by atoms with Gasteiger partial charge in [0, 0.05) is 55.1 Å². The molecule has 0 aromatic heterocycles. The SMILES string of the molecule is Cc1cc(C(=O)C2C(=O)CCCC2=O)c(C)c2c1SCCC2=NN(C)C. The number of Topliss-reactive ketones (excluding diaryl/α,β-unsaturated/α-hetero) is 3. The molecule has 0 N–H and O–H groups in total. The maximum absolute atomic E-state index is 13.1. The van der Waals surface area contributed by atoms with Crippen LogP contribution < -0.4 is 0 Å². The van der Waals surface area contributed by atoms with E-state index in [0.717, 1.165) is 39.5 Å². The van der Waals surface area contributed by atoms with Gasteiger partial charge in [0.1, 0.15) is 5.92 Å². The number of nitrogens with zero attached hydrogens (tertiary/aromatic N) is 2. The Morgan fingerprint density at radius 2 is 1.81 bits per heavy atom. The first-order valence-electron chi connectivity index (χ1n) is 8.93. The van der Waals surface area contributed by atoms with Crippen LogP contribution in [0.15, 0.2) is 16.1 Å². The van der Waals surface area contributed by atoms with E-state index in [-0.39, 0.29) is 17.3 Å². The number of hydrogen-bond acceptors (Lipinski definition) is 6. The number of aryl methyl sites for hydroxylation is 1. The number of hydrazone groups is 1. The first-order chi connectivity index (χ1) is 12.3. The van der Waals surface area contributed by atoms with Crippen LogP contribution in [0.4, 0.5) is 0 Å². The van der Waals surface area contributed by atoms with E-state index in [1.165, 1.54) is 0 Å². The summed E-state index contributed by atoms with van der Waals surface area (Å²) in [7, 11) is 3.76. The lowest BCUT2D eigenvalue weighted by Gasteiger charge is -2.26. The lowest BCUT2D eigenvalue weighted by atomic mass is 9.79. The van der Waals surface area contributed by atoms with E-state index >= 15 is 0 Å². The lowest BCUT2D eigenvalue weighted by Crippen LogP contribution is -2.36. The molecule has 5 nitrogen and oxygen atoms in total. The van der Waals surface area contributed by atoms with Crippen molar-refractivity contribution in [1.29, 1.82) is 0 Å². The third kappa shape index (κ3) is 3.34. The second-order valence-corrected chi connectivity index (χ2v) is 8.25. The predicted octanol–water partition coefficient (Wildman–Crippen LogP) is 3.19. The Bertz CT molecular complexity index is 811. The van der Waals surface area contributed by atoms with Crippen LogP contribution in [0.1, 0.15) is 52.7 Å². The van der Waals surface area contributed by atoms with Crippen molar-refractivity contribution in [2.75, 3.05) is 19.8 Å². The molecule has 0 atom stereocenters. The third-order valence-electron chi connectivity index (χ3n) is 4.94. The van der Waals surface area contributed by atoms with Gasteiger partial charge in [-0.05, 0) is 37.5 Å². The molecule has 3 rings (SSSR count). The fraction of sp³-hybridized carbons (Fsp3) is 0.500. The normalized spacial score (nSPS) is 19.6.